The van der Waals surface area contributed by atoms with Gasteiger partial charge in [-0.1, -0.05) is 101 Å². The van der Waals surface area contributed by atoms with Gasteiger partial charge in [0, 0.05) is 11.1 Å². The molecule has 2 aliphatic rings. The molecule has 1 atom stereocenters. The summed E-state index contributed by atoms with van der Waals surface area (Å²) in [5.41, 5.74) is 4.11. The van der Waals surface area contributed by atoms with Crippen LogP contribution in [0.2, 0.25) is 0 Å². The van der Waals surface area contributed by atoms with Crippen molar-refractivity contribution in [2.75, 3.05) is 0 Å². The van der Waals surface area contributed by atoms with Crippen LogP contribution >= 0.6 is 0 Å². The summed E-state index contributed by atoms with van der Waals surface area (Å²) in [6.07, 6.45) is 21.3. The molecule has 234 valence electrons. The standard InChI is InChI=1S/C40H47F3O/c1-3-5-7-9-28-10-12-29(13-11-28)30-14-18-32(19-15-30)35-23-22-34(27-37(35)41)31-16-20-33(21-17-31)36-24-25-38(40(43)39(36)42)44-26-8-6-4-2/h8,16-18,20-30H,3-7,9-15,19H2,1-2H3. The summed E-state index contributed by atoms with van der Waals surface area (Å²) in [6.45, 7) is 4.31. The molecular weight excluding hydrogens is 553 g/mol. The molecule has 0 saturated heterocycles. The van der Waals surface area contributed by atoms with Crippen molar-refractivity contribution in [2.24, 2.45) is 17.8 Å². The average Bonchev–Trinajstić information content (AvgIpc) is 3.06. The van der Waals surface area contributed by atoms with Crippen LogP contribution in [0, 0.1) is 35.2 Å². The first kappa shape index (κ1) is 32.1. The van der Waals surface area contributed by atoms with E-state index in [1.165, 1.54) is 69.8 Å². The van der Waals surface area contributed by atoms with Crippen LogP contribution in [0.4, 0.5) is 13.2 Å². The van der Waals surface area contributed by atoms with E-state index < -0.39 is 11.6 Å². The smallest absolute Gasteiger partial charge is 0.201 e. The van der Waals surface area contributed by atoms with Crippen molar-refractivity contribution >= 4 is 5.57 Å². The first-order valence-corrected chi connectivity index (χ1v) is 16.9. The van der Waals surface area contributed by atoms with Crippen LogP contribution in [-0.4, -0.2) is 0 Å². The fourth-order valence-electron chi connectivity index (χ4n) is 7.16. The fraction of sp³-hybridized carbons (Fsp3) is 0.450. The highest BCUT2D eigenvalue weighted by molar-refractivity contribution is 5.74. The number of allylic oxidation sites excluding steroid dienone is 3. The quantitative estimate of drug-likeness (QED) is 0.148. The predicted molar refractivity (Wildman–Crippen MR) is 177 cm³/mol. The van der Waals surface area contributed by atoms with Gasteiger partial charge in [-0.05, 0) is 103 Å². The van der Waals surface area contributed by atoms with Gasteiger partial charge in [-0.25, -0.2) is 8.78 Å². The van der Waals surface area contributed by atoms with Gasteiger partial charge in [-0.2, -0.15) is 4.39 Å². The second-order valence-corrected chi connectivity index (χ2v) is 12.8. The number of halogens is 3. The van der Waals surface area contributed by atoms with Crippen molar-refractivity contribution in [3.8, 4) is 28.0 Å². The molecule has 5 rings (SSSR count). The number of benzene rings is 3. The van der Waals surface area contributed by atoms with E-state index in [-0.39, 0.29) is 17.1 Å². The Balaban J connectivity index is 1.20. The van der Waals surface area contributed by atoms with Gasteiger partial charge in [0.25, 0.3) is 0 Å². The number of ether oxygens (including phenoxy) is 1. The lowest BCUT2D eigenvalue weighted by molar-refractivity contribution is 0.187. The molecule has 0 aliphatic heterocycles. The molecule has 1 fully saturated rings. The Hall–Kier alpha value is -3.27. The highest BCUT2D eigenvalue weighted by Gasteiger charge is 2.29. The topological polar surface area (TPSA) is 9.23 Å². The van der Waals surface area contributed by atoms with Crippen LogP contribution < -0.4 is 4.74 Å². The normalized spacial score (nSPS) is 20.6. The van der Waals surface area contributed by atoms with Crippen molar-refractivity contribution in [3.63, 3.8) is 0 Å². The van der Waals surface area contributed by atoms with Crippen molar-refractivity contribution in [3.05, 3.63) is 96.0 Å². The SMILES string of the molecule is CCCC=COc1ccc(-c2ccc(-c3ccc(C4=CCC(C5CCC(CCCCC)CC5)CC4)c(F)c3)cc2)c(F)c1F. The van der Waals surface area contributed by atoms with Crippen LogP contribution in [0.25, 0.3) is 27.8 Å². The molecule has 0 N–H and O–H groups in total. The number of hydrogen-bond donors (Lipinski definition) is 0. The van der Waals surface area contributed by atoms with E-state index >= 15 is 4.39 Å². The molecule has 0 heterocycles. The van der Waals surface area contributed by atoms with Crippen molar-refractivity contribution in [1.29, 1.82) is 0 Å². The summed E-state index contributed by atoms with van der Waals surface area (Å²) in [4.78, 5) is 0. The summed E-state index contributed by atoms with van der Waals surface area (Å²) in [6, 6.07) is 15.5. The molecule has 3 aromatic carbocycles. The lowest BCUT2D eigenvalue weighted by Gasteiger charge is -2.35. The third-order valence-electron chi connectivity index (χ3n) is 9.86. The molecule has 44 heavy (non-hydrogen) atoms. The molecule has 0 radical (unpaired) electrons. The van der Waals surface area contributed by atoms with Crippen molar-refractivity contribution in [2.45, 2.75) is 97.3 Å². The summed E-state index contributed by atoms with van der Waals surface area (Å²) in [7, 11) is 0. The van der Waals surface area contributed by atoms with E-state index in [9.17, 15) is 8.78 Å². The summed E-state index contributed by atoms with van der Waals surface area (Å²) in [5, 5.41) is 0. The van der Waals surface area contributed by atoms with Gasteiger partial charge in [0.1, 0.15) is 5.82 Å². The van der Waals surface area contributed by atoms with Gasteiger partial charge in [-0.3, -0.25) is 0 Å². The van der Waals surface area contributed by atoms with Crippen LogP contribution in [0.15, 0.2) is 73.0 Å². The van der Waals surface area contributed by atoms with Gasteiger partial charge in [0.2, 0.25) is 5.82 Å². The Morgan fingerprint density at radius 3 is 2.14 bits per heavy atom. The maximum Gasteiger partial charge on any atom is 0.201 e. The Labute approximate surface area is 262 Å². The maximum absolute atomic E-state index is 15.4. The zero-order valence-corrected chi connectivity index (χ0v) is 26.4. The van der Waals surface area contributed by atoms with Crippen LogP contribution in [0.1, 0.15) is 103 Å². The monoisotopic (exact) mass is 600 g/mol. The largest absolute Gasteiger partial charge is 0.462 e. The maximum atomic E-state index is 15.4. The molecule has 0 bridgehead atoms. The van der Waals surface area contributed by atoms with E-state index in [1.807, 2.05) is 31.2 Å². The number of rotatable bonds is 12. The van der Waals surface area contributed by atoms with Crippen LogP contribution in [0.3, 0.4) is 0 Å². The zero-order chi connectivity index (χ0) is 30.9. The van der Waals surface area contributed by atoms with Crippen molar-refractivity contribution < 1.29 is 17.9 Å². The fourth-order valence-corrected chi connectivity index (χ4v) is 7.16. The minimum Gasteiger partial charge on any atom is -0.462 e. The molecule has 3 aromatic rings. The number of unbranched alkanes of at least 4 members (excludes halogenated alkanes) is 3. The Morgan fingerprint density at radius 2 is 1.45 bits per heavy atom. The molecule has 0 aromatic heterocycles. The van der Waals surface area contributed by atoms with Gasteiger partial charge >= 0.3 is 0 Å². The second-order valence-electron chi connectivity index (χ2n) is 12.8. The van der Waals surface area contributed by atoms with Gasteiger partial charge < -0.3 is 4.74 Å². The van der Waals surface area contributed by atoms with Gasteiger partial charge in [0.05, 0.1) is 6.26 Å². The third-order valence-corrected chi connectivity index (χ3v) is 9.86. The third kappa shape index (κ3) is 7.86. The summed E-state index contributed by atoms with van der Waals surface area (Å²) in [5.74, 6) is 0.182. The van der Waals surface area contributed by atoms with Gasteiger partial charge in [0.15, 0.2) is 11.6 Å². The van der Waals surface area contributed by atoms with Crippen molar-refractivity contribution in [1.82, 2.24) is 0 Å². The average molecular weight is 601 g/mol. The Kier molecular flexibility index (Phi) is 11.4. The zero-order valence-electron chi connectivity index (χ0n) is 26.4. The first-order valence-electron chi connectivity index (χ1n) is 16.9. The predicted octanol–water partition coefficient (Wildman–Crippen LogP) is 12.7. The Morgan fingerprint density at radius 1 is 0.727 bits per heavy atom. The molecule has 0 spiro atoms. The van der Waals surface area contributed by atoms with Crippen LogP contribution in [0.5, 0.6) is 5.75 Å². The Bertz CT molecular complexity index is 1430. The van der Waals surface area contributed by atoms with E-state index in [0.717, 1.165) is 66.6 Å². The molecule has 1 saturated carbocycles. The lowest BCUT2D eigenvalue weighted by Crippen LogP contribution is -2.23. The molecule has 2 aliphatic carbocycles. The van der Waals surface area contributed by atoms with E-state index in [4.69, 9.17) is 4.74 Å². The molecule has 4 heteroatoms. The second kappa shape index (κ2) is 15.6. The highest BCUT2D eigenvalue weighted by atomic mass is 19.2. The lowest BCUT2D eigenvalue weighted by atomic mass is 9.70. The van der Waals surface area contributed by atoms with Gasteiger partial charge in [-0.15, -0.1) is 0 Å². The molecule has 1 unspecified atom stereocenters. The van der Waals surface area contributed by atoms with E-state index in [0.29, 0.717) is 11.1 Å². The molecule has 0 amide bonds. The highest BCUT2D eigenvalue weighted by Crippen LogP contribution is 2.43. The molecule has 1 nitrogen and oxygen atoms in total. The van der Waals surface area contributed by atoms with E-state index in [1.54, 1.807) is 24.3 Å². The summed E-state index contributed by atoms with van der Waals surface area (Å²) >= 11 is 0. The first-order chi connectivity index (χ1) is 21.5. The minimum absolute atomic E-state index is 0.144. The van der Waals surface area contributed by atoms with E-state index in [2.05, 4.69) is 13.0 Å². The van der Waals surface area contributed by atoms with Crippen LogP contribution in [-0.2, 0) is 0 Å². The molecular formula is C40H47F3O. The summed E-state index contributed by atoms with van der Waals surface area (Å²) < 4.78 is 50.2. The number of hydrogen-bond acceptors (Lipinski definition) is 1. The minimum atomic E-state index is -1.01.